The SMILES string of the molecule is N#C/C=C/C=C/C=C/C=O. The third kappa shape index (κ3) is 6.38. The maximum atomic E-state index is 9.70. The third-order valence-electron chi connectivity index (χ3n) is 0.694. The maximum Gasteiger partial charge on any atom is 0.142 e. The molecule has 0 saturated carbocycles. The summed E-state index contributed by atoms with van der Waals surface area (Å²) in [6.45, 7) is 0. The van der Waals surface area contributed by atoms with Crippen molar-refractivity contribution in [2.45, 2.75) is 0 Å². The van der Waals surface area contributed by atoms with Crippen LogP contribution < -0.4 is 0 Å². The van der Waals surface area contributed by atoms with E-state index in [0.29, 0.717) is 6.29 Å². The highest BCUT2D eigenvalue weighted by atomic mass is 16.1. The fourth-order valence-electron chi connectivity index (χ4n) is 0.336. The number of rotatable bonds is 3. The van der Waals surface area contributed by atoms with Gasteiger partial charge in [-0.05, 0) is 6.08 Å². The average Bonchev–Trinajstić information content (AvgIpc) is 1.97. The van der Waals surface area contributed by atoms with E-state index in [1.807, 2.05) is 6.07 Å². The van der Waals surface area contributed by atoms with Gasteiger partial charge in [0.25, 0.3) is 0 Å². The summed E-state index contributed by atoms with van der Waals surface area (Å²) in [4.78, 5) is 9.70. The molecule has 10 heavy (non-hydrogen) atoms. The Bertz CT molecular complexity index is 206. The van der Waals surface area contributed by atoms with Crippen molar-refractivity contribution in [1.29, 1.82) is 5.26 Å². The van der Waals surface area contributed by atoms with Crippen LogP contribution in [0.25, 0.3) is 0 Å². The van der Waals surface area contributed by atoms with E-state index in [0.717, 1.165) is 0 Å². The molecule has 0 bridgehead atoms. The minimum Gasteiger partial charge on any atom is -0.299 e. The largest absolute Gasteiger partial charge is 0.299 e. The average molecular weight is 133 g/mol. The molecule has 2 nitrogen and oxygen atoms in total. The standard InChI is InChI=1S/C8H7NO/c9-7-5-3-1-2-4-6-8-10/h1-6,8H/b2-1+,5-3+,6-4+. The molecule has 0 aliphatic heterocycles. The minimum absolute atomic E-state index is 0.693. The Balaban J connectivity index is 3.58. The molecule has 0 N–H and O–H groups in total. The predicted octanol–water partition coefficient (Wildman–Crippen LogP) is 1.38. The van der Waals surface area contributed by atoms with E-state index in [1.54, 1.807) is 24.3 Å². The zero-order valence-electron chi connectivity index (χ0n) is 5.40. The first-order chi connectivity index (χ1) is 4.91. The number of hydrogen-bond acceptors (Lipinski definition) is 2. The molecule has 0 rings (SSSR count). The Hall–Kier alpha value is -1.62. The van der Waals surface area contributed by atoms with Crippen LogP contribution in [0.1, 0.15) is 0 Å². The van der Waals surface area contributed by atoms with Crippen molar-refractivity contribution in [2.75, 3.05) is 0 Å². The van der Waals surface area contributed by atoms with Gasteiger partial charge in [0.2, 0.25) is 0 Å². The topological polar surface area (TPSA) is 40.9 Å². The Labute approximate surface area is 59.8 Å². The van der Waals surface area contributed by atoms with Gasteiger partial charge in [-0.2, -0.15) is 5.26 Å². The summed E-state index contributed by atoms with van der Waals surface area (Å²) in [6.07, 6.45) is 9.94. The lowest BCUT2D eigenvalue weighted by molar-refractivity contribution is -0.104. The van der Waals surface area contributed by atoms with Crippen LogP contribution in [0.2, 0.25) is 0 Å². The number of hydrogen-bond donors (Lipinski definition) is 0. The van der Waals surface area contributed by atoms with Gasteiger partial charge in [0.15, 0.2) is 0 Å². The van der Waals surface area contributed by atoms with Crippen LogP contribution in [0.3, 0.4) is 0 Å². The van der Waals surface area contributed by atoms with Crippen molar-refractivity contribution in [2.24, 2.45) is 0 Å². The lowest BCUT2D eigenvalue weighted by Crippen LogP contribution is -1.55. The second-order valence-corrected chi connectivity index (χ2v) is 1.39. The molecule has 0 radical (unpaired) electrons. The Kier molecular flexibility index (Phi) is 6.18. The van der Waals surface area contributed by atoms with Gasteiger partial charge < -0.3 is 0 Å². The van der Waals surface area contributed by atoms with Crippen molar-refractivity contribution in [1.82, 2.24) is 0 Å². The van der Waals surface area contributed by atoms with Gasteiger partial charge in [-0.1, -0.05) is 24.3 Å². The zero-order valence-corrected chi connectivity index (χ0v) is 5.40. The van der Waals surface area contributed by atoms with Crippen molar-refractivity contribution in [3.8, 4) is 6.07 Å². The molecular formula is C8H7NO. The first-order valence-corrected chi connectivity index (χ1v) is 2.75. The number of nitriles is 1. The van der Waals surface area contributed by atoms with Crippen molar-refractivity contribution in [3.05, 3.63) is 36.5 Å². The molecular weight excluding hydrogens is 126 g/mol. The lowest BCUT2D eigenvalue weighted by Gasteiger charge is -1.67. The summed E-state index contributed by atoms with van der Waals surface area (Å²) < 4.78 is 0. The molecule has 0 aliphatic carbocycles. The normalized spacial score (nSPS) is 11.1. The second-order valence-electron chi connectivity index (χ2n) is 1.39. The third-order valence-corrected chi connectivity index (χ3v) is 0.694. The summed E-state index contributed by atoms with van der Waals surface area (Å²) in [5.74, 6) is 0. The van der Waals surface area contributed by atoms with E-state index in [1.165, 1.54) is 12.2 Å². The van der Waals surface area contributed by atoms with E-state index in [4.69, 9.17) is 5.26 Å². The highest BCUT2D eigenvalue weighted by molar-refractivity contribution is 5.65. The molecule has 0 aromatic carbocycles. The van der Waals surface area contributed by atoms with Gasteiger partial charge in [0.1, 0.15) is 6.29 Å². The number of carbonyl (C=O) groups excluding carboxylic acids is 1. The first-order valence-electron chi connectivity index (χ1n) is 2.75. The molecule has 0 aliphatic rings. The van der Waals surface area contributed by atoms with E-state index in [-0.39, 0.29) is 0 Å². The minimum atomic E-state index is 0.693. The van der Waals surface area contributed by atoms with Crippen LogP contribution >= 0.6 is 0 Å². The van der Waals surface area contributed by atoms with E-state index in [2.05, 4.69) is 0 Å². The van der Waals surface area contributed by atoms with Gasteiger partial charge in [-0.25, -0.2) is 0 Å². The monoisotopic (exact) mass is 133 g/mol. The van der Waals surface area contributed by atoms with Gasteiger partial charge >= 0.3 is 0 Å². The second kappa shape index (κ2) is 7.38. The van der Waals surface area contributed by atoms with Crippen LogP contribution in [-0.4, -0.2) is 6.29 Å². The molecule has 0 fully saturated rings. The quantitative estimate of drug-likeness (QED) is 0.252. The van der Waals surface area contributed by atoms with Gasteiger partial charge in [-0.3, -0.25) is 4.79 Å². The van der Waals surface area contributed by atoms with E-state index >= 15 is 0 Å². The summed E-state index contributed by atoms with van der Waals surface area (Å²) in [6, 6.07) is 1.83. The molecule has 0 spiro atoms. The van der Waals surface area contributed by atoms with E-state index in [9.17, 15) is 4.79 Å². The molecule has 0 heterocycles. The number of aldehydes is 1. The fraction of sp³-hybridized carbons (Fsp3) is 0. The Morgan fingerprint density at radius 1 is 1.00 bits per heavy atom. The van der Waals surface area contributed by atoms with Gasteiger partial charge in [0, 0.05) is 6.08 Å². The van der Waals surface area contributed by atoms with Gasteiger partial charge in [0.05, 0.1) is 6.07 Å². The molecule has 0 saturated heterocycles. The van der Waals surface area contributed by atoms with Crippen LogP contribution in [0.15, 0.2) is 36.5 Å². The lowest BCUT2D eigenvalue weighted by atomic mass is 10.4. The zero-order chi connectivity index (χ0) is 7.66. The first kappa shape index (κ1) is 8.38. The van der Waals surface area contributed by atoms with Crippen molar-refractivity contribution >= 4 is 6.29 Å². The Morgan fingerprint density at radius 2 is 1.60 bits per heavy atom. The van der Waals surface area contributed by atoms with Crippen molar-refractivity contribution in [3.63, 3.8) is 0 Å². The highest BCUT2D eigenvalue weighted by Crippen LogP contribution is 1.77. The molecule has 0 atom stereocenters. The fourth-order valence-corrected chi connectivity index (χ4v) is 0.336. The summed E-state index contributed by atoms with van der Waals surface area (Å²) >= 11 is 0. The van der Waals surface area contributed by atoms with Crippen LogP contribution in [0.4, 0.5) is 0 Å². The molecule has 0 aromatic heterocycles. The smallest absolute Gasteiger partial charge is 0.142 e. The molecule has 50 valence electrons. The molecule has 0 unspecified atom stereocenters. The van der Waals surface area contributed by atoms with Crippen LogP contribution in [0, 0.1) is 11.3 Å². The summed E-state index contributed by atoms with van der Waals surface area (Å²) in [5, 5.41) is 8.02. The van der Waals surface area contributed by atoms with Crippen molar-refractivity contribution < 1.29 is 4.79 Å². The van der Waals surface area contributed by atoms with E-state index < -0.39 is 0 Å². The summed E-state index contributed by atoms with van der Waals surface area (Å²) in [7, 11) is 0. The molecule has 0 aromatic rings. The summed E-state index contributed by atoms with van der Waals surface area (Å²) in [5.41, 5.74) is 0. The molecule has 0 amide bonds. The van der Waals surface area contributed by atoms with Crippen LogP contribution in [-0.2, 0) is 4.79 Å². The maximum absolute atomic E-state index is 9.70. The number of nitrogens with zero attached hydrogens (tertiary/aromatic N) is 1. The number of allylic oxidation sites excluding steroid dienone is 6. The molecule has 2 heteroatoms. The predicted molar refractivity (Wildman–Crippen MR) is 39.1 cm³/mol. The highest BCUT2D eigenvalue weighted by Gasteiger charge is 1.61. The Morgan fingerprint density at radius 3 is 2.20 bits per heavy atom. The van der Waals surface area contributed by atoms with Crippen LogP contribution in [0.5, 0.6) is 0 Å². The number of carbonyl (C=O) groups is 1. The van der Waals surface area contributed by atoms with Gasteiger partial charge in [-0.15, -0.1) is 0 Å².